The number of nitrogens with one attached hydrogen (secondary N) is 1. The van der Waals surface area contributed by atoms with Crippen molar-refractivity contribution in [2.75, 3.05) is 13.2 Å². The monoisotopic (exact) mass is 410 g/mol. The van der Waals surface area contributed by atoms with Crippen molar-refractivity contribution in [1.29, 1.82) is 0 Å². The molecule has 2 N–H and O–H groups in total. The number of nitrogens with zero attached hydrogens (tertiary/aromatic N) is 3. The van der Waals surface area contributed by atoms with Crippen molar-refractivity contribution < 1.29 is 9.90 Å². The van der Waals surface area contributed by atoms with Gasteiger partial charge < -0.3 is 10.4 Å². The van der Waals surface area contributed by atoms with Gasteiger partial charge in [0.05, 0.1) is 22.3 Å². The van der Waals surface area contributed by atoms with E-state index in [4.69, 9.17) is 39.9 Å². The van der Waals surface area contributed by atoms with Crippen LogP contribution in [0.5, 0.6) is 0 Å². The molecule has 3 rings (SSSR count). The van der Waals surface area contributed by atoms with Gasteiger partial charge in [0.15, 0.2) is 5.82 Å². The van der Waals surface area contributed by atoms with Crippen molar-refractivity contribution in [2.45, 2.75) is 0 Å². The van der Waals surface area contributed by atoms with Crippen molar-refractivity contribution >= 4 is 40.7 Å². The summed E-state index contributed by atoms with van der Waals surface area (Å²) in [6.07, 6.45) is 0. The number of carbonyl (C=O) groups is 1. The van der Waals surface area contributed by atoms with Crippen LogP contribution in [-0.4, -0.2) is 38.9 Å². The van der Waals surface area contributed by atoms with Crippen LogP contribution in [0.1, 0.15) is 10.6 Å². The van der Waals surface area contributed by atoms with Crippen molar-refractivity contribution in [3.8, 4) is 17.1 Å². The summed E-state index contributed by atoms with van der Waals surface area (Å²) < 4.78 is 1.50. The second-order valence-electron chi connectivity index (χ2n) is 5.26. The fourth-order valence-corrected chi connectivity index (χ4v) is 2.66. The first-order chi connectivity index (χ1) is 12.5. The van der Waals surface area contributed by atoms with E-state index in [1.807, 2.05) is 0 Å². The zero-order valence-corrected chi connectivity index (χ0v) is 15.6. The van der Waals surface area contributed by atoms with Gasteiger partial charge >= 0.3 is 0 Å². The molecule has 0 spiro atoms. The van der Waals surface area contributed by atoms with Gasteiger partial charge in [0.2, 0.25) is 5.82 Å². The third kappa shape index (κ3) is 3.99. The normalized spacial score (nSPS) is 10.8. The number of aliphatic hydroxyl groups is 1. The lowest BCUT2D eigenvalue weighted by Gasteiger charge is -2.07. The lowest BCUT2D eigenvalue weighted by atomic mass is 10.2. The van der Waals surface area contributed by atoms with Crippen LogP contribution in [-0.2, 0) is 0 Å². The van der Waals surface area contributed by atoms with Crippen molar-refractivity contribution in [2.24, 2.45) is 0 Å². The minimum Gasteiger partial charge on any atom is -0.395 e. The third-order valence-electron chi connectivity index (χ3n) is 3.46. The van der Waals surface area contributed by atoms with Gasteiger partial charge in [-0.25, -0.2) is 9.67 Å². The molecule has 0 fully saturated rings. The molecule has 3 aromatic rings. The number of benzene rings is 2. The molecule has 1 heterocycles. The summed E-state index contributed by atoms with van der Waals surface area (Å²) in [6, 6.07) is 12.0. The number of hydrogen-bond donors (Lipinski definition) is 2. The molecule has 0 bridgehead atoms. The summed E-state index contributed by atoms with van der Waals surface area (Å²) in [5.41, 5.74) is 1.31. The van der Waals surface area contributed by atoms with E-state index in [9.17, 15) is 4.79 Å². The molecular formula is C17H13Cl3N4O2. The van der Waals surface area contributed by atoms with E-state index in [0.29, 0.717) is 32.1 Å². The molecule has 134 valence electrons. The highest BCUT2D eigenvalue weighted by Gasteiger charge is 2.19. The Morgan fingerprint density at radius 2 is 1.81 bits per heavy atom. The van der Waals surface area contributed by atoms with E-state index in [-0.39, 0.29) is 19.0 Å². The number of amides is 1. The molecule has 1 amide bonds. The number of aromatic nitrogens is 3. The summed E-state index contributed by atoms with van der Waals surface area (Å²) in [5, 5.41) is 17.0. The molecule has 26 heavy (non-hydrogen) atoms. The zero-order chi connectivity index (χ0) is 18.7. The molecule has 9 heteroatoms. The van der Waals surface area contributed by atoms with Gasteiger partial charge in [0, 0.05) is 17.1 Å². The Morgan fingerprint density at radius 3 is 2.46 bits per heavy atom. The maximum absolute atomic E-state index is 12.2. The Hall–Kier alpha value is -2.12. The Bertz CT molecular complexity index is 942. The van der Waals surface area contributed by atoms with Gasteiger partial charge in [-0.2, -0.15) is 0 Å². The molecule has 0 aliphatic heterocycles. The van der Waals surface area contributed by atoms with Crippen LogP contribution in [0.4, 0.5) is 0 Å². The highest BCUT2D eigenvalue weighted by Crippen LogP contribution is 2.27. The van der Waals surface area contributed by atoms with E-state index in [1.165, 1.54) is 4.68 Å². The predicted octanol–water partition coefficient (Wildman–Crippen LogP) is 3.62. The fraction of sp³-hybridized carbons (Fsp3) is 0.118. The SMILES string of the molecule is O=C(NCCO)c1nc(-c2ccc(Cl)cc2)n(-c2ccc(Cl)c(Cl)c2)n1. The topological polar surface area (TPSA) is 80.0 Å². The second kappa shape index (κ2) is 8.05. The summed E-state index contributed by atoms with van der Waals surface area (Å²) >= 11 is 18.0. The number of hydrogen-bond acceptors (Lipinski definition) is 4. The van der Waals surface area contributed by atoms with Crippen molar-refractivity contribution in [1.82, 2.24) is 20.1 Å². The molecule has 6 nitrogen and oxygen atoms in total. The average molecular weight is 412 g/mol. The second-order valence-corrected chi connectivity index (χ2v) is 6.51. The number of aliphatic hydroxyl groups excluding tert-OH is 1. The molecule has 1 aromatic heterocycles. The first kappa shape index (κ1) is 18.7. The first-order valence-corrected chi connectivity index (χ1v) is 8.70. The average Bonchev–Trinajstić information content (AvgIpc) is 3.08. The first-order valence-electron chi connectivity index (χ1n) is 7.57. The summed E-state index contributed by atoms with van der Waals surface area (Å²) in [6.45, 7) is -0.0697. The molecule has 0 unspecified atom stereocenters. The lowest BCUT2D eigenvalue weighted by molar-refractivity contribution is 0.0934. The molecule has 0 saturated heterocycles. The molecule has 0 radical (unpaired) electrons. The quantitative estimate of drug-likeness (QED) is 0.672. The summed E-state index contributed by atoms with van der Waals surface area (Å²) in [5.74, 6) is -0.0863. The molecular weight excluding hydrogens is 399 g/mol. The van der Waals surface area contributed by atoms with Gasteiger partial charge in [-0.15, -0.1) is 5.10 Å². The summed E-state index contributed by atoms with van der Waals surface area (Å²) in [4.78, 5) is 16.5. The van der Waals surface area contributed by atoms with Crippen LogP contribution < -0.4 is 5.32 Å². The van der Waals surface area contributed by atoms with Crippen LogP contribution >= 0.6 is 34.8 Å². The van der Waals surface area contributed by atoms with Gasteiger partial charge in [-0.05, 0) is 42.5 Å². The van der Waals surface area contributed by atoms with Crippen LogP contribution in [0.3, 0.4) is 0 Å². The van der Waals surface area contributed by atoms with Crippen molar-refractivity contribution in [3.05, 3.63) is 63.4 Å². The van der Waals surface area contributed by atoms with E-state index < -0.39 is 5.91 Å². The van der Waals surface area contributed by atoms with Gasteiger partial charge in [0.1, 0.15) is 0 Å². The molecule has 0 saturated carbocycles. The minimum absolute atomic E-state index is 0.0329. The van der Waals surface area contributed by atoms with Crippen LogP contribution in [0, 0.1) is 0 Å². The minimum atomic E-state index is -0.493. The maximum atomic E-state index is 12.2. The van der Waals surface area contributed by atoms with E-state index in [0.717, 1.165) is 0 Å². The predicted molar refractivity (Wildman–Crippen MR) is 101 cm³/mol. The van der Waals surface area contributed by atoms with Gasteiger partial charge in [0.25, 0.3) is 5.91 Å². The Morgan fingerprint density at radius 1 is 1.08 bits per heavy atom. The number of halogens is 3. The van der Waals surface area contributed by atoms with Crippen LogP contribution in [0.15, 0.2) is 42.5 Å². The number of rotatable bonds is 5. The van der Waals surface area contributed by atoms with E-state index in [2.05, 4.69) is 15.4 Å². The van der Waals surface area contributed by atoms with E-state index in [1.54, 1.807) is 42.5 Å². The van der Waals surface area contributed by atoms with Gasteiger partial charge in [-0.1, -0.05) is 34.8 Å². The highest BCUT2D eigenvalue weighted by atomic mass is 35.5. The third-order valence-corrected chi connectivity index (χ3v) is 4.45. The highest BCUT2D eigenvalue weighted by molar-refractivity contribution is 6.42. The molecule has 2 aromatic carbocycles. The maximum Gasteiger partial charge on any atom is 0.291 e. The Labute approximate surface area is 164 Å². The standard InChI is InChI=1S/C17H13Cl3N4O2/c18-11-3-1-10(2-4-11)16-22-15(17(26)21-7-8-25)23-24(16)12-5-6-13(19)14(20)9-12/h1-6,9,25H,7-8H2,(H,21,26). The Kier molecular flexibility index (Phi) is 5.78. The lowest BCUT2D eigenvalue weighted by Crippen LogP contribution is -2.27. The van der Waals surface area contributed by atoms with Gasteiger partial charge in [-0.3, -0.25) is 4.79 Å². The van der Waals surface area contributed by atoms with Crippen LogP contribution in [0.25, 0.3) is 17.1 Å². The zero-order valence-electron chi connectivity index (χ0n) is 13.3. The molecule has 0 atom stereocenters. The molecule has 0 aliphatic carbocycles. The van der Waals surface area contributed by atoms with E-state index >= 15 is 0 Å². The molecule has 0 aliphatic rings. The van der Waals surface area contributed by atoms with Crippen molar-refractivity contribution in [3.63, 3.8) is 0 Å². The van der Waals surface area contributed by atoms with Crippen LogP contribution in [0.2, 0.25) is 15.1 Å². The smallest absolute Gasteiger partial charge is 0.291 e. The fourth-order valence-electron chi connectivity index (χ4n) is 2.24. The largest absolute Gasteiger partial charge is 0.395 e. The summed E-state index contributed by atoms with van der Waals surface area (Å²) in [7, 11) is 0. The number of carbonyl (C=O) groups excluding carboxylic acids is 1. The Balaban J connectivity index is 2.10.